The lowest BCUT2D eigenvalue weighted by atomic mass is 10.1. The lowest BCUT2D eigenvalue weighted by Crippen LogP contribution is -1.96. The number of hydrogen-bond acceptors (Lipinski definition) is 3. The minimum Gasteiger partial charge on any atom is -0.309 e. The van der Waals surface area contributed by atoms with Crippen molar-refractivity contribution in [3.05, 3.63) is 140 Å². The van der Waals surface area contributed by atoms with Gasteiger partial charge in [0.25, 0.3) is 0 Å². The number of fused-ring (bicyclic) bond motifs is 12. The molecular weight excluding hydrogens is 599 g/mol. The molecule has 11 aromatic rings. The minimum absolute atomic E-state index is 0.995. The molecule has 5 heteroatoms. The zero-order valence-corrected chi connectivity index (χ0v) is 26.1. The molecule has 0 atom stereocenters. The number of thiophene rings is 1. The maximum atomic E-state index is 5.41. The summed E-state index contributed by atoms with van der Waals surface area (Å²) in [6.07, 6.45) is 0. The summed E-state index contributed by atoms with van der Waals surface area (Å²) in [5.41, 5.74) is 7.00. The minimum atomic E-state index is 0.995. The van der Waals surface area contributed by atoms with Crippen molar-refractivity contribution in [2.45, 2.75) is 0 Å². The van der Waals surface area contributed by atoms with Gasteiger partial charge in [-0.1, -0.05) is 96.3 Å². The Morgan fingerprint density at radius 1 is 0.413 bits per heavy atom. The summed E-state index contributed by atoms with van der Waals surface area (Å²) in [6.45, 7) is 0. The van der Waals surface area contributed by atoms with Crippen LogP contribution in [0.15, 0.2) is 140 Å². The third kappa shape index (κ3) is 3.28. The molecule has 3 nitrogen and oxygen atoms in total. The normalized spacial score (nSPS) is 12.3. The van der Waals surface area contributed by atoms with Gasteiger partial charge in [0.15, 0.2) is 5.13 Å². The van der Waals surface area contributed by atoms with E-state index in [2.05, 4.69) is 149 Å². The van der Waals surface area contributed by atoms with Crippen molar-refractivity contribution in [2.24, 2.45) is 0 Å². The van der Waals surface area contributed by atoms with Crippen LogP contribution in [0.25, 0.3) is 95.6 Å². The summed E-state index contributed by atoms with van der Waals surface area (Å²) in [5.74, 6) is 0. The highest BCUT2D eigenvalue weighted by molar-refractivity contribution is 7.26. The van der Waals surface area contributed by atoms with Crippen LogP contribution < -0.4 is 0 Å². The Balaban J connectivity index is 1.23. The monoisotopic (exact) mass is 621 g/mol. The molecule has 0 aliphatic carbocycles. The topological polar surface area (TPSA) is 22.8 Å². The molecule has 0 fully saturated rings. The molecule has 0 N–H and O–H groups in total. The summed E-state index contributed by atoms with van der Waals surface area (Å²) >= 11 is 3.62. The molecule has 0 aliphatic rings. The average Bonchev–Trinajstić information content (AvgIpc) is 3.85. The van der Waals surface area contributed by atoms with Crippen LogP contribution in [0.2, 0.25) is 0 Å². The number of thiazole rings is 1. The fraction of sp³-hybridized carbons (Fsp3) is 0. The fourth-order valence-corrected chi connectivity index (χ4v) is 9.63. The first kappa shape index (κ1) is 24.8. The highest BCUT2D eigenvalue weighted by atomic mass is 32.1. The van der Waals surface area contributed by atoms with E-state index in [9.17, 15) is 0 Å². The Labute approximate surface area is 270 Å². The van der Waals surface area contributed by atoms with E-state index in [-0.39, 0.29) is 0 Å². The summed E-state index contributed by atoms with van der Waals surface area (Å²) in [4.78, 5) is 5.41. The number of rotatable bonds is 2. The van der Waals surface area contributed by atoms with E-state index in [0.717, 1.165) is 21.9 Å². The first-order chi connectivity index (χ1) is 22.8. The summed E-state index contributed by atoms with van der Waals surface area (Å²) < 4.78 is 8.61. The molecule has 0 amide bonds. The standard InChI is InChI=1S/C41H23N3S2/c1-2-10-25-22-34-31(21-24(25)9-1)28-12-4-6-14-32(28)43(34)26-17-18-29-27-11-3-7-15-33(27)44(35(29)23-26)41-42-40-38(46-41)20-19-37-39(40)30-13-5-8-16-36(30)45-37/h1-23H. The van der Waals surface area contributed by atoms with E-state index in [1.54, 1.807) is 11.3 Å². The van der Waals surface area contributed by atoms with Gasteiger partial charge in [0.1, 0.15) is 0 Å². The third-order valence-electron chi connectivity index (χ3n) is 9.53. The molecular formula is C41H23N3S2. The van der Waals surface area contributed by atoms with E-state index < -0.39 is 0 Å². The quantitative estimate of drug-likeness (QED) is 0.188. The molecule has 214 valence electrons. The van der Waals surface area contributed by atoms with Gasteiger partial charge >= 0.3 is 0 Å². The second-order valence-corrected chi connectivity index (χ2v) is 14.1. The lowest BCUT2D eigenvalue weighted by Gasteiger charge is -2.10. The Hall–Kier alpha value is -5.49. The number of aromatic nitrogens is 3. The van der Waals surface area contributed by atoms with Gasteiger partial charge in [0.2, 0.25) is 0 Å². The number of para-hydroxylation sites is 2. The molecule has 7 aromatic carbocycles. The predicted molar refractivity (Wildman–Crippen MR) is 199 cm³/mol. The second kappa shape index (κ2) is 9.04. The van der Waals surface area contributed by atoms with Gasteiger partial charge in [-0.3, -0.25) is 4.57 Å². The zero-order valence-electron chi connectivity index (χ0n) is 24.4. The molecule has 46 heavy (non-hydrogen) atoms. The number of nitrogens with zero attached hydrogens (tertiary/aromatic N) is 3. The SMILES string of the molecule is c1ccc2cc3c(cc2c1)c1ccccc1n3-c1ccc2c3ccccc3n(-c3nc4c(ccc5sc6ccccc6c54)s3)c2c1. The Bertz CT molecular complexity index is 3040. The van der Waals surface area contributed by atoms with Crippen LogP contribution in [0.5, 0.6) is 0 Å². The van der Waals surface area contributed by atoms with Crippen LogP contribution in [-0.2, 0) is 0 Å². The van der Waals surface area contributed by atoms with Crippen LogP contribution in [0.4, 0.5) is 0 Å². The molecule has 11 rings (SSSR count). The van der Waals surface area contributed by atoms with Crippen molar-refractivity contribution in [3.8, 4) is 10.8 Å². The maximum Gasteiger partial charge on any atom is 0.195 e. The van der Waals surface area contributed by atoms with Crippen molar-refractivity contribution in [1.29, 1.82) is 0 Å². The molecule has 0 saturated carbocycles. The predicted octanol–water partition coefficient (Wildman–Crippen LogP) is 12.0. The van der Waals surface area contributed by atoms with Gasteiger partial charge < -0.3 is 4.57 Å². The van der Waals surface area contributed by atoms with Crippen LogP contribution >= 0.6 is 22.7 Å². The molecule has 4 heterocycles. The highest BCUT2D eigenvalue weighted by Crippen LogP contribution is 2.43. The molecule has 0 bridgehead atoms. The first-order valence-corrected chi connectivity index (χ1v) is 17.1. The molecule has 0 aliphatic heterocycles. The van der Waals surface area contributed by atoms with Gasteiger partial charge in [-0.05, 0) is 65.4 Å². The summed E-state index contributed by atoms with van der Waals surface area (Å²) in [7, 11) is 0. The molecule has 4 aromatic heterocycles. The van der Waals surface area contributed by atoms with Gasteiger partial charge in [-0.25, -0.2) is 4.98 Å². The van der Waals surface area contributed by atoms with Crippen LogP contribution in [-0.4, -0.2) is 14.1 Å². The third-order valence-corrected chi connectivity index (χ3v) is 11.7. The fourth-order valence-electron chi connectivity index (χ4n) is 7.52. The Kier molecular flexibility index (Phi) is 4.87. The molecule has 0 spiro atoms. The smallest absolute Gasteiger partial charge is 0.195 e. The maximum absolute atomic E-state index is 5.41. The van der Waals surface area contributed by atoms with Gasteiger partial charge in [0, 0.05) is 47.4 Å². The van der Waals surface area contributed by atoms with Gasteiger partial charge in [-0.2, -0.15) is 0 Å². The largest absolute Gasteiger partial charge is 0.309 e. The van der Waals surface area contributed by atoms with Crippen LogP contribution in [0.1, 0.15) is 0 Å². The van der Waals surface area contributed by atoms with Crippen molar-refractivity contribution < 1.29 is 0 Å². The molecule has 0 unspecified atom stereocenters. The zero-order chi connectivity index (χ0) is 29.9. The summed E-state index contributed by atoms with van der Waals surface area (Å²) in [5, 5.41) is 11.1. The van der Waals surface area contributed by atoms with Crippen molar-refractivity contribution >= 4 is 107 Å². The van der Waals surface area contributed by atoms with Crippen LogP contribution in [0, 0.1) is 0 Å². The lowest BCUT2D eigenvalue weighted by molar-refractivity contribution is 1.14. The average molecular weight is 622 g/mol. The molecule has 0 radical (unpaired) electrons. The van der Waals surface area contributed by atoms with E-state index in [4.69, 9.17) is 4.98 Å². The van der Waals surface area contributed by atoms with E-state index in [1.165, 1.54) is 73.7 Å². The Morgan fingerprint density at radius 2 is 1.04 bits per heavy atom. The van der Waals surface area contributed by atoms with Crippen LogP contribution in [0.3, 0.4) is 0 Å². The second-order valence-electron chi connectivity index (χ2n) is 12.0. The van der Waals surface area contributed by atoms with Crippen molar-refractivity contribution in [3.63, 3.8) is 0 Å². The number of hydrogen-bond donors (Lipinski definition) is 0. The Morgan fingerprint density at radius 3 is 1.89 bits per heavy atom. The highest BCUT2D eigenvalue weighted by Gasteiger charge is 2.20. The van der Waals surface area contributed by atoms with E-state index >= 15 is 0 Å². The summed E-state index contributed by atoms with van der Waals surface area (Å²) in [6, 6.07) is 51.0. The van der Waals surface area contributed by atoms with Gasteiger partial charge in [-0.15, -0.1) is 11.3 Å². The van der Waals surface area contributed by atoms with Gasteiger partial charge in [0.05, 0.1) is 32.3 Å². The van der Waals surface area contributed by atoms with Crippen molar-refractivity contribution in [1.82, 2.24) is 14.1 Å². The first-order valence-electron chi connectivity index (χ1n) is 15.5. The van der Waals surface area contributed by atoms with Crippen molar-refractivity contribution in [2.75, 3.05) is 0 Å². The number of benzene rings is 7. The van der Waals surface area contributed by atoms with E-state index in [0.29, 0.717) is 0 Å². The van der Waals surface area contributed by atoms with E-state index in [1.807, 2.05) is 11.3 Å². The molecule has 0 saturated heterocycles.